The van der Waals surface area contributed by atoms with Gasteiger partial charge in [-0.05, 0) is 13.3 Å². The van der Waals surface area contributed by atoms with Crippen LogP contribution < -0.4 is 10.6 Å². The first kappa shape index (κ1) is 17.2. The van der Waals surface area contributed by atoms with Gasteiger partial charge in [-0.1, -0.05) is 0 Å². The maximum Gasteiger partial charge on any atom is 0.471 e. The largest absolute Gasteiger partial charge is 0.481 e. The molecule has 0 aliphatic rings. The Balaban J connectivity index is 3.84. The zero-order valence-electron chi connectivity index (χ0n) is 10.2. The van der Waals surface area contributed by atoms with Crippen LogP contribution >= 0.6 is 0 Å². The van der Waals surface area contributed by atoms with E-state index in [1.54, 1.807) is 5.32 Å². The molecule has 0 saturated carbocycles. The van der Waals surface area contributed by atoms with Crippen LogP contribution in [-0.2, 0) is 14.4 Å². The maximum atomic E-state index is 11.9. The molecule has 3 N–H and O–H groups in total. The highest BCUT2D eigenvalue weighted by molar-refractivity contribution is 5.82. The van der Waals surface area contributed by atoms with Gasteiger partial charge in [0.25, 0.3) is 0 Å². The number of amides is 2. The second-order valence-electron chi connectivity index (χ2n) is 3.92. The van der Waals surface area contributed by atoms with Crippen molar-refractivity contribution in [3.63, 3.8) is 0 Å². The number of carbonyl (C=O) groups is 3. The number of carboxylic acids is 1. The summed E-state index contributed by atoms with van der Waals surface area (Å²) in [7, 11) is 0. The highest BCUT2D eigenvalue weighted by atomic mass is 19.4. The Bertz CT molecular complexity index is 344. The van der Waals surface area contributed by atoms with Crippen LogP contribution in [0.1, 0.15) is 26.2 Å². The highest BCUT2D eigenvalue weighted by Gasteiger charge is 2.39. The molecular formula is C10H15F3N2O4. The fourth-order valence-electron chi connectivity index (χ4n) is 1.11. The van der Waals surface area contributed by atoms with E-state index >= 15 is 0 Å². The van der Waals surface area contributed by atoms with Crippen LogP contribution in [0.5, 0.6) is 0 Å². The third kappa shape index (κ3) is 8.86. The fourth-order valence-corrected chi connectivity index (χ4v) is 1.11. The molecule has 0 saturated heterocycles. The zero-order chi connectivity index (χ0) is 15.1. The fraction of sp³-hybridized carbons (Fsp3) is 0.700. The quantitative estimate of drug-likeness (QED) is 0.631. The van der Waals surface area contributed by atoms with E-state index in [1.807, 2.05) is 0 Å². The van der Waals surface area contributed by atoms with Gasteiger partial charge in [-0.3, -0.25) is 14.4 Å². The number of aliphatic carboxylic acids is 1. The van der Waals surface area contributed by atoms with Gasteiger partial charge in [0.05, 0.1) is 0 Å². The lowest BCUT2D eigenvalue weighted by molar-refractivity contribution is -0.174. The van der Waals surface area contributed by atoms with Crippen LogP contribution in [0.25, 0.3) is 0 Å². The molecule has 110 valence electrons. The third-order valence-corrected chi connectivity index (χ3v) is 2.03. The number of hydrogen-bond acceptors (Lipinski definition) is 3. The van der Waals surface area contributed by atoms with Crippen molar-refractivity contribution in [2.75, 3.05) is 6.54 Å². The van der Waals surface area contributed by atoms with Gasteiger partial charge < -0.3 is 15.7 Å². The summed E-state index contributed by atoms with van der Waals surface area (Å²) in [6.45, 7) is 1.15. The Morgan fingerprint density at radius 3 is 2.26 bits per heavy atom. The molecule has 1 unspecified atom stereocenters. The van der Waals surface area contributed by atoms with Crippen LogP contribution in [0.2, 0.25) is 0 Å². The van der Waals surface area contributed by atoms with Crippen LogP contribution in [0.3, 0.4) is 0 Å². The normalized spacial score (nSPS) is 12.6. The minimum absolute atomic E-state index is 0.0355. The molecule has 0 aromatic carbocycles. The summed E-state index contributed by atoms with van der Waals surface area (Å²) in [5.41, 5.74) is 0. The Hall–Kier alpha value is -1.80. The number of nitrogens with one attached hydrogen (secondary N) is 2. The monoisotopic (exact) mass is 284 g/mol. The van der Waals surface area contributed by atoms with Gasteiger partial charge in [-0.2, -0.15) is 13.2 Å². The number of carbonyl (C=O) groups excluding carboxylic acids is 2. The van der Waals surface area contributed by atoms with E-state index in [1.165, 1.54) is 6.92 Å². The number of halogens is 3. The first-order valence-corrected chi connectivity index (χ1v) is 5.49. The summed E-state index contributed by atoms with van der Waals surface area (Å²) in [6.07, 6.45) is -5.01. The van der Waals surface area contributed by atoms with Crippen molar-refractivity contribution in [1.82, 2.24) is 10.6 Å². The predicted molar refractivity (Wildman–Crippen MR) is 58.2 cm³/mol. The topological polar surface area (TPSA) is 95.5 Å². The maximum absolute atomic E-state index is 11.9. The SMILES string of the molecule is CC(CNC(=O)CCCC(=O)O)NC(=O)C(F)(F)F. The smallest absolute Gasteiger partial charge is 0.471 e. The van der Waals surface area contributed by atoms with E-state index in [4.69, 9.17) is 5.11 Å². The minimum atomic E-state index is -4.96. The van der Waals surface area contributed by atoms with Gasteiger partial charge in [0, 0.05) is 25.4 Å². The van der Waals surface area contributed by atoms with Crippen molar-refractivity contribution >= 4 is 17.8 Å². The van der Waals surface area contributed by atoms with Crippen molar-refractivity contribution < 1.29 is 32.7 Å². The summed E-state index contributed by atoms with van der Waals surface area (Å²) in [5, 5.41) is 12.3. The summed E-state index contributed by atoms with van der Waals surface area (Å²) in [5.74, 6) is -3.58. The van der Waals surface area contributed by atoms with E-state index in [9.17, 15) is 27.6 Å². The Kier molecular flexibility index (Phi) is 6.87. The van der Waals surface area contributed by atoms with Crippen LogP contribution in [0.15, 0.2) is 0 Å². The van der Waals surface area contributed by atoms with Crippen molar-refractivity contribution in [1.29, 1.82) is 0 Å². The molecule has 0 fully saturated rings. The van der Waals surface area contributed by atoms with E-state index in [0.29, 0.717) is 0 Å². The molecule has 9 heteroatoms. The van der Waals surface area contributed by atoms with Crippen molar-refractivity contribution in [2.45, 2.75) is 38.4 Å². The molecule has 0 aliphatic heterocycles. The first-order chi connectivity index (χ1) is 8.62. The lowest BCUT2D eigenvalue weighted by Crippen LogP contribution is -2.46. The third-order valence-electron chi connectivity index (χ3n) is 2.03. The molecule has 0 aliphatic carbocycles. The Labute approximate surface area is 107 Å². The van der Waals surface area contributed by atoms with Gasteiger partial charge in [-0.15, -0.1) is 0 Å². The van der Waals surface area contributed by atoms with E-state index in [2.05, 4.69) is 5.32 Å². The molecule has 0 rings (SSSR count). The lowest BCUT2D eigenvalue weighted by Gasteiger charge is -2.15. The highest BCUT2D eigenvalue weighted by Crippen LogP contribution is 2.14. The molecule has 0 heterocycles. The molecule has 0 radical (unpaired) electrons. The van der Waals surface area contributed by atoms with Crippen molar-refractivity contribution in [3.8, 4) is 0 Å². The summed E-state index contributed by atoms with van der Waals surface area (Å²) >= 11 is 0. The zero-order valence-corrected chi connectivity index (χ0v) is 10.2. The molecule has 0 aromatic heterocycles. The minimum Gasteiger partial charge on any atom is -0.481 e. The second-order valence-corrected chi connectivity index (χ2v) is 3.92. The molecule has 0 aromatic rings. The van der Waals surface area contributed by atoms with E-state index in [-0.39, 0.29) is 25.8 Å². The number of hydrogen-bond donors (Lipinski definition) is 3. The number of carboxylic acid groups (broad SMARTS) is 1. The standard InChI is InChI=1S/C10H15F3N2O4/c1-6(15-9(19)10(11,12)13)5-14-7(16)3-2-4-8(17)18/h6H,2-5H2,1H3,(H,14,16)(H,15,19)(H,17,18). The summed E-state index contributed by atoms with van der Waals surface area (Å²) < 4.78 is 35.7. The van der Waals surface area contributed by atoms with Gasteiger partial charge in [0.2, 0.25) is 5.91 Å². The van der Waals surface area contributed by atoms with Gasteiger partial charge in [0.1, 0.15) is 0 Å². The van der Waals surface area contributed by atoms with Crippen LogP contribution in [0, 0.1) is 0 Å². The predicted octanol–water partition coefficient (Wildman–Crippen LogP) is 0.425. The van der Waals surface area contributed by atoms with Crippen LogP contribution in [-0.4, -0.2) is 41.7 Å². The lowest BCUT2D eigenvalue weighted by atomic mass is 10.2. The molecule has 19 heavy (non-hydrogen) atoms. The number of alkyl halides is 3. The molecule has 0 bridgehead atoms. The Morgan fingerprint density at radius 2 is 1.79 bits per heavy atom. The van der Waals surface area contributed by atoms with Crippen molar-refractivity contribution in [3.05, 3.63) is 0 Å². The van der Waals surface area contributed by atoms with E-state index < -0.39 is 30.0 Å². The molecule has 0 spiro atoms. The molecule has 1 atom stereocenters. The van der Waals surface area contributed by atoms with Crippen molar-refractivity contribution in [2.24, 2.45) is 0 Å². The van der Waals surface area contributed by atoms with Gasteiger partial charge in [0.15, 0.2) is 0 Å². The average molecular weight is 284 g/mol. The Morgan fingerprint density at radius 1 is 1.21 bits per heavy atom. The molecule has 2 amide bonds. The average Bonchev–Trinajstić information content (AvgIpc) is 2.24. The summed E-state index contributed by atoms with van der Waals surface area (Å²) in [4.78, 5) is 31.9. The molecule has 6 nitrogen and oxygen atoms in total. The summed E-state index contributed by atoms with van der Waals surface area (Å²) in [6, 6.07) is -0.877. The second kappa shape index (κ2) is 7.59. The van der Waals surface area contributed by atoms with Crippen LogP contribution in [0.4, 0.5) is 13.2 Å². The first-order valence-electron chi connectivity index (χ1n) is 5.49. The number of rotatable bonds is 7. The van der Waals surface area contributed by atoms with E-state index in [0.717, 1.165) is 0 Å². The molecular weight excluding hydrogens is 269 g/mol. The van der Waals surface area contributed by atoms with Gasteiger partial charge in [-0.25, -0.2) is 0 Å². The van der Waals surface area contributed by atoms with Gasteiger partial charge >= 0.3 is 18.1 Å².